The van der Waals surface area contributed by atoms with Gasteiger partial charge in [-0.3, -0.25) is 0 Å². The van der Waals surface area contributed by atoms with Crippen LogP contribution in [0.1, 0.15) is 19.3 Å². The van der Waals surface area contributed by atoms with Gasteiger partial charge in [0.05, 0.1) is 0 Å². The van der Waals surface area contributed by atoms with Crippen LogP contribution >= 0.6 is 0 Å². The van der Waals surface area contributed by atoms with Crippen molar-refractivity contribution in [3.63, 3.8) is 0 Å². The Kier molecular flexibility index (Phi) is 4.35. The number of nitrogens with one attached hydrogen (secondary N) is 1. The van der Waals surface area contributed by atoms with Crippen molar-refractivity contribution in [1.82, 2.24) is 15.1 Å². The molecule has 0 aromatic carbocycles. The lowest BCUT2D eigenvalue weighted by Crippen LogP contribution is -2.56. The molecule has 3 nitrogen and oxygen atoms in total. The fourth-order valence-corrected chi connectivity index (χ4v) is 1.99. The summed E-state index contributed by atoms with van der Waals surface area (Å²) >= 11 is 0. The molecular formula is C11H25N3. The van der Waals surface area contributed by atoms with E-state index in [1.807, 2.05) is 0 Å². The van der Waals surface area contributed by atoms with Crippen molar-refractivity contribution in [3.8, 4) is 0 Å². The molecule has 0 radical (unpaired) electrons. The summed E-state index contributed by atoms with van der Waals surface area (Å²) in [4.78, 5) is 4.61. The lowest BCUT2D eigenvalue weighted by atomic mass is 9.75. The summed E-state index contributed by atoms with van der Waals surface area (Å²) in [6.07, 6.45) is 4.11. The van der Waals surface area contributed by atoms with Crippen LogP contribution in [-0.4, -0.2) is 63.2 Å². The van der Waals surface area contributed by atoms with Crippen molar-refractivity contribution in [2.75, 3.05) is 47.8 Å². The molecule has 0 spiro atoms. The molecule has 0 heterocycles. The van der Waals surface area contributed by atoms with E-state index in [9.17, 15) is 0 Å². The third kappa shape index (κ3) is 2.94. The second kappa shape index (κ2) is 5.10. The van der Waals surface area contributed by atoms with Crippen molar-refractivity contribution in [2.45, 2.75) is 24.8 Å². The van der Waals surface area contributed by atoms with Crippen LogP contribution in [0.15, 0.2) is 0 Å². The Morgan fingerprint density at radius 2 is 1.79 bits per heavy atom. The highest BCUT2D eigenvalue weighted by molar-refractivity contribution is 4.97. The third-order valence-corrected chi connectivity index (χ3v) is 3.42. The van der Waals surface area contributed by atoms with Crippen LogP contribution in [0.25, 0.3) is 0 Å². The van der Waals surface area contributed by atoms with Crippen LogP contribution in [-0.2, 0) is 0 Å². The topological polar surface area (TPSA) is 18.5 Å². The molecule has 1 saturated carbocycles. The fraction of sp³-hybridized carbons (Fsp3) is 1.00. The predicted octanol–water partition coefficient (Wildman–Crippen LogP) is 0.622. The first-order valence-corrected chi connectivity index (χ1v) is 5.60. The molecule has 0 bridgehead atoms. The van der Waals surface area contributed by atoms with Crippen molar-refractivity contribution >= 4 is 0 Å². The highest BCUT2D eigenvalue weighted by atomic mass is 15.2. The van der Waals surface area contributed by atoms with E-state index >= 15 is 0 Å². The largest absolute Gasteiger partial charge is 0.314 e. The molecule has 1 aliphatic carbocycles. The van der Waals surface area contributed by atoms with Gasteiger partial charge in [0.25, 0.3) is 0 Å². The molecule has 14 heavy (non-hydrogen) atoms. The zero-order chi connectivity index (χ0) is 10.6. The van der Waals surface area contributed by atoms with Crippen LogP contribution in [0.5, 0.6) is 0 Å². The summed E-state index contributed by atoms with van der Waals surface area (Å²) in [5.41, 5.74) is 0.465. The van der Waals surface area contributed by atoms with Crippen LogP contribution in [0.4, 0.5) is 0 Å². The minimum atomic E-state index is 0.465. The molecule has 3 heteroatoms. The maximum absolute atomic E-state index is 3.56. The van der Waals surface area contributed by atoms with Gasteiger partial charge in [-0.1, -0.05) is 0 Å². The van der Waals surface area contributed by atoms with E-state index in [2.05, 4.69) is 43.3 Å². The highest BCUT2D eigenvalue weighted by Gasteiger charge is 2.38. The number of nitrogens with zero attached hydrogens (tertiary/aromatic N) is 2. The molecular weight excluding hydrogens is 174 g/mol. The van der Waals surface area contributed by atoms with E-state index in [-0.39, 0.29) is 0 Å². The molecule has 0 atom stereocenters. The number of likely N-dealkylation sites (N-methyl/N-ethyl adjacent to an activating group) is 2. The van der Waals surface area contributed by atoms with Gasteiger partial charge in [0.1, 0.15) is 0 Å². The van der Waals surface area contributed by atoms with Gasteiger partial charge < -0.3 is 15.1 Å². The summed E-state index contributed by atoms with van der Waals surface area (Å²) in [5.74, 6) is 0. The number of hydrogen-bond acceptors (Lipinski definition) is 3. The Balaban J connectivity index is 2.15. The number of rotatable bonds is 6. The second-order valence-electron chi connectivity index (χ2n) is 4.95. The van der Waals surface area contributed by atoms with Gasteiger partial charge in [-0.2, -0.15) is 0 Å². The van der Waals surface area contributed by atoms with Crippen molar-refractivity contribution in [2.24, 2.45) is 0 Å². The van der Waals surface area contributed by atoms with E-state index in [1.54, 1.807) is 0 Å². The van der Waals surface area contributed by atoms with Gasteiger partial charge in [-0.05, 0) is 47.5 Å². The van der Waals surface area contributed by atoms with Gasteiger partial charge in [0.2, 0.25) is 0 Å². The molecule has 1 N–H and O–H groups in total. The highest BCUT2D eigenvalue weighted by Crippen LogP contribution is 2.35. The zero-order valence-electron chi connectivity index (χ0n) is 10.1. The molecule has 0 aromatic rings. The lowest BCUT2D eigenvalue weighted by molar-refractivity contribution is 0.0599. The normalized spacial score (nSPS) is 20.1. The van der Waals surface area contributed by atoms with Crippen molar-refractivity contribution in [1.29, 1.82) is 0 Å². The maximum atomic E-state index is 3.56. The molecule has 84 valence electrons. The average molecular weight is 199 g/mol. The first kappa shape index (κ1) is 12.0. The van der Waals surface area contributed by atoms with Crippen LogP contribution in [0, 0.1) is 0 Å². The second-order valence-corrected chi connectivity index (χ2v) is 4.95. The number of hydrogen-bond donors (Lipinski definition) is 1. The minimum absolute atomic E-state index is 0.465. The monoisotopic (exact) mass is 199 g/mol. The quantitative estimate of drug-likeness (QED) is 0.633. The van der Waals surface area contributed by atoms with E-state index in [4.69, 9.17) is 0 Å². The van der Waals surface area contributed by atoms with Crippen LogP contribution in [0.3, 0.4) is 0 Å². The summed E-state index contributed by atoms with van der Waals surface area (Å²) < 4.78 is 0. The Bertz CT molecular complexity index is 162. The Hall–Kier alpha value is -0.120. The molecule has 1 fully saturated rings. The molecule has 0 aromatic heterocycles. The van der Waals surface area contributed by atoms with E-state index in [0.717, 1.165) is 19.6 Å². The molecule has 0 amide bonds. The first-order valence-electron chi connectivity index (χ1n) is 5.60. The predicted molar refractivity (Wildman–Crippen MR) is 61.7 cm³/mol. The van der Waals surface area contributed by atoms with Crippen LogP contribution in [0.2, 0.25) is 0 Å². The SMILES string of the molecule is CN(C)CCNCC1(N(C)C)CCC1. The third-order valence-electron chi connectivity index (χ3n) is 3.42. The van der Waals surface area contributed by atoms with Crippen molar-refractivity contribution < 1.29 is 0 Å². The summed E-state index contributed by atoms with van der Waals surface area (Å²) in [6.45, 7) is 3.37. The van der Waals surface area contributed by atoms with Gasteiger partial charge >= 0.3 is 0 Å². The van der Waals surface area contributed by atoms with Crippen LogP contribution < -0.4 is 5.32 Å². The van der Waals surface area contributed by atoms with E-state index in [1.165, 1.54) is 19.3 Å². The fourth-order valence-electron chi connectivity index (χ4n) is 1.99. The van der Waals surface area contributed by atoms with E-state index < -0.39 is 0 Å². The van der Waals surface area contributed by atoms with E-state index in [0.29, 0.717) is 5.54 Å². The summed E-state index contributed by atoms with van der Waals surface area (Å²) in [7, 11) is 8.64. The Labute approximate surface area is 88.5 Å². The first-order chi connectivity index (χ1) is 6.57. The zero-order valence-corrected chi connectivity index (χ0v) is 10.1. The lowest BCUT2D eigenvalue weighted by Gasteiger charge is -2.47. The van der Waals surface area contributed by atoms with Gasteiger partial charge in [-0.25, -0.2) is 0 Å². The van der Waals surface area contributed by atoms with Gasteiger partial charge in [0, 0.05) is 25.2 Å². The smallest absolute Gasteiger partial charge is 0.0327 e. The Morgan fingerprint density at radius 3 is 2.14 bits per heavy atom. The van der Waals surface area contributed by atoms with Gasteiger partial charge in [-0.15, -0.1) is 0 Å². The molecule has 0 aliphatic heterocycles. The molecule has 0 saturated heterocycles. The molecule has 1 aliphatic rings. The maximum Gasteiger partial charge on any atom is 0.0327 e. The summed E-state index contributed by atoms with van der Waals surface area (Å²) in [6, 6.07) is 0. The average Bonchev–Trinajstić information content (AvgIpc) is 1.99. The standard InChI is InChI=1S/C11H25N3/c1-13(2)9-8-12-10-11(14(3)4)6-5-7-11/h12H,5-10H2,1-4H3. The summed E-state index contributed by atoms with van der Waals surface area (Å²) in [5, 5.41) is 3.56. The van der Waals surface area contributed by atoms with Crippen molar-refractivity contribution in [3.05, 3.63) is 0 Å². The van der Waals surface area contributed by atoms with Gasteiger partial charge in [0.15, 0.2) is 0 Å². The minimum Gasteiger partial charge on any atom is -0.314 e. The molecule has 0 unspecified atom stereocenters. The Morgan fingerprint density at radius 1 is 1.14 bits per heavy atom. The molecule has 1 rings (SSSR count).